The number of aromatic nitrogens is 2. The Morgan fingerprint density at radius 1 is 1.29 bits per heavy atom. The van der Waals surface area contributed by atoms with Crippen molar-refractivity contribution in [2.24, 2.45) is 0 Å². The lowest BCUT2D eigenvalue weighted by molar-refractivity contribution is -0.141. The van der Waals surface area contributed by atoms with Crippen LogP contribution in [-0.2, 0) is 6.18 Å². The highest BCUT2D eigenvalue weighted by Gasteiger charge is 2.35. The number of nitrogens with zero attached hydrogens (tertiary/aromatic N) is 2. The highest BCUT2D eigenvalue weighted by Crippen LogP contribution is 2.40. The average Bonchev–Trinajstić information content (AvgIpc) is 2.83. The molecule has 1 aliphatic rings. The SMILES string of the molecule is Nc1nc(C2CC2)cc(C(F)(F)F)n1. The molecule has 0 bridgehead atoms. The van der Waals surface area contributed by atoms with Crippen LogP contribution in [0.5, 0.6) is 0 Å². The van der Waals surface area contributed by atoms with E-state index < -0.39 is 11.9 Å². The topological polar surface area (TPSA) is 51.8 Å². The standard InChI is InChI=1S/C8H8F3N3/c9-8(10,11)6-3-5(4-1-2-4)13-7(12)14-6/h3-4H,1-2H2,(H2,12,13,14). The minimum Gasteiger partial charge on any atom is -0.368 e. The van der Waals surface area contributed by atoms with Crippen molar-refractivity contribution in [3.63, 3.8) is 0 Å². The van der Waals surface area contributed by atoms with Gasteiger partial charge in [0.15, 0.2) is 0 Å². The molecule has 0 spiro atoms. The summed E-state index contributed by atoms with van der Waals surface area (Å²) >= 11 is 0. The maximum absolute atomic E-state index is 12.3. The number of halogens is 3. The Kier molecular flexibility index (Phi) is 1.87. The van der Waals surface area contributed by atoms with Gasteiger partial charge in [-0.3, -0.25) is 0 Å². The molecule has 1 aromatic heterocycles. The molecule has 0 unspecified atom stereocenters. The molecule has 14 heavy (non-hydrogen) atoms. The van der Waals surface area contributed by atoms with E-state index in [0.717, 1.165) is 18.9 Å². The van der Waals surface area contributed by atoms with Gasteiger partial charge in [0.05, 0.1) is 0 Å². The number of anilines is 1. The molecule has 1 aromatic rings. The largest absolute Gasteiger partial charge is 0.433 e. The molecule has 1 heterocycles. The van der Waals surface area contributed by atoms with E-state index in [1.165, 1.54) is 0 Å². The zero-order chi connectivity index (χ0) is 10.3. The van der Waals surface area contributed by atoms with Gasteiger partial charge in [-0.1, -0.05) is 0 Å². The number of alkyl halides is 3. The van der Waals surface area contributed by atoms with Gasteiger partial charge in [-0.05, 0) is 18.9 Å². The summed E-state index contributed by atoms with van der Waals surface area (Å²) in [6.45, 7) is 0. The van der Waals surface area contributed by atoms with Crippen LogP contribution in [0.3, 0.4) is 0 Å². The van der Waals surface area contributed by atoms with Gasteiger partial charge in [0.1, 0.15) is 5.69 Å². The second-order valence-corrected chi connectivity index (χ2v) is 3.31. The predicted octanol–water partition coefficient (Wildman–Crippen LogP) is 1.95. The molecule has 0 aromatic carbocycles. The molecule has 1 fully saturated rings. The van der Waals surface area contributed by atoms with Crippen LogP contribution in [0.25, 0.3) is 0 Å². The van der Waals surface area contributed by atoms with Gasteiger partial charge in [-0.15, -0.1) is 0 Å². The summed E-state index contributed by atoms with van der Waals surface area (Å²) in [6, 6.07) is 0.980. The molecule has 0 aliphatic heterocycles. The fourth-order valence-corrected chi connectivity index (χ4v) is 1.22. The molecule has 76 valence electrons. The molecule has 3 nitrogen and oxygen atoms in total. The Hall–Kier alpha value is -1.33. The zero-order valence-corrected chi connectivity index (χ0v) is 7.17. The van der Waals surface area contributed by atoms with E-state index >= 15 is 0 Å². The van der Waals surface area contributed by atoms with Gasteiger partial charge in [-0.2, -0.15) is 13.2 Å². The maximum Gasteiger partial charge on any atom is 0.433 e. The average molecular weight is 203 g/mol. The maximum atomic E-state index is 12.3. The quantitative estimate of drug-likeness (QED) is 0.758. The van der Waals surface area contributed by atoms with Crippen molar-refractivity contribution in [2.45, 2.75) is 24.9 Å². The van der Waals surface area contributed by atoms with Crippen molar-refractivity contribution in [1.29, 1.82) is 0 Å². The molecule has 1 aliphatic carbocycles. The van der Waals surface area contributed by atoms with Crippen LogP contribution in [0, 0.1) is 0 Å². The highest BCUT2D eigenvalue weighted by atomic mass is 19.4. The van der Waals surface area contributed by atoms with Crippen LogP contribution in [0.15, 0.2) is 6.07 Å². The van der Waals surface area contributed by atoms with E-state index in [0.29, 0.717) is 5.69 Å². The Balaban J connectivity index is 2.41. The van der Waals surface area contributed by atoms with E-state index in [1.54, 1.807) is 0 Å². The molecular formula is C8H8F3N3. The number of hydrogen-bond acceptors (Lipinski definition) is 3. The van der Waals surface area contributed by atoms with Crippen LogP contribution in [0.1, 0.15) is 30.1 Å². The highest BCUT2D eigenvalue weighted by molar-refractivity contribution is 5.27. The second-order valence-electron chi connectivity index (χ2n) is 3.31. The van der Waals surface area contributed by atoms with Gasteiger partial charge < -0.3 is 5.73 Å². The number of nitrogens with two attached hydrogens (primary N) is 1. The van der Waals surface area contributed by atoms with Gasteiger partial charge >= 0.3 is 6.18 Å². The number of nitrogen functional groups attached to an aromatic ring is 1. The van der Waals surface area contributed by atoms with Gasteiger partial charge in [-0.25, -0.2) is 9.97 Å². The summed E-state index contributed by atoms with van der Waals surface area (Å²) in [5.41, 5.74) is 4.65. The summed E-state index contributed by atoms with van der Waals surface area (Å²) in [4.78, 5) is 6.93. The summed E-state index contributed by atoms with van der Waals surface area (Å²) in [5.74, 6) is -0.164. The molecule has 0 atom stereocenters. The van der Waals surface area contributed by atoms with E-state index in [-0.39, 0.29) is 11.9 Å². The van der Waals surface area contributed by atoms with Gasteiger partial charge in [0.2, 0.25) is 5.95 Å². The fraction of sp³-hybridized carbons (Fsp3) is 0.500. The molecule has 0 radical (unpaired) electrons. The Bertz CT molecular complexity index is 357. The summed E-state index contributed by atoms with van der Waals surface area (Å²) in [6.07, 6.45) is -2.68. The van der Waals surface area contributed by atoms with Crippen LogP contribution >= 0.6 is 0 Å². The Morgan fingerprint density at radius 3 is 2.43 bits per heavy atom. The van der Waals surface area contributed by atoms with Crippen LogP contribution in [0.4, 0.5) is 19.1 Å². The van der Waals surface area contributed by atoms with Crippen molar-refractivity contribution in [1.82, 2.24) is 9.97 Å². The fourth-order valence-electron chi connectivity index (χ4n) is 1.22. The first-order chi connectivity index (χ1) is 6.47. The van der Waals surface area contributed by atoms with E-state index in [2.05, 4.69) is 9.97 Å². The van der Waals surface area contributed by atoms with Crippen molar-refractivity contribution < 1.29 is 13.2 Å². The van der Waals surface area contributed by atoms with Crippen molar-refractivity contribution in [2.75, 3.05) is 5.73 Å². The van der Waals surface area contributed by atoms with E-state index in [4.69, 9.17) is 5.73 Å². The predicted molar refractivity (Wildman–Crippen MR) is 43.4 cm³/mol. The van der Waals surface area contributed by atoms with Crippen molar-refractivity contribution in [3.8, 4) is 0 Å². The third-order valence-electron chi connectivity index (χ3n) is 2.05. The lowest BCUT2D eigenvalue weighted by Gasteiger charge is -2.07. The van der Waals surface area contributed by atoms with Crippen LogP contribution in [0.2, 0.25) is 0 Å². The van der Waals surface area contributed by atoms with Crippen molar-refractivity contribution in [3.05, 3.63) is 17.5 Å². The summed E-state index contributed by atoms with van der Waals surface area (Å²) < 4.78 is 36.9. The second kappa shape index (κ2) is 2.83. The molecule has 1 saturated carbocycles. The molecule has 2 N–H and O–H groups in total. The Labute approximate surface area is 78.2 Å². The van der Waals surface area contributed by atoms with Crippen molar-refractivity contribution >= 4 is 5.95 Å². The summed E-state index contributed by atoms with van der Waals surface area (Å²) in [7, 11) is 0. The molecule has 2 rings (SSSR count). The van der Waals surface area contributed by atoms with E-state index in [9.17, 15) is 13.2 Å². The van der Waals surface area contributed by atoms with Crippen LogP contribution in [-0.4, -0.2) is 9.97 Å². The van der Waals surface area contributed by atoms with Crippen LogP contribution < -0.4 is 5.73 Å². The lowest BCUT2D eigenvalue weighted by Crippen LogP contribution is -2.11. The first-order valence-electron chi connectivity index (χ1n) is 4.18. The normalized spacial score (nSPS) is 17.1. The molecular weight excluding hydrogens is 195 g/mol. The number of rotatable bonds is 1. The first kappa shape index (κ1) is 9.23. The first-order valence-corrected chi connectivity index (χ1v) is 4.18. The third kappa shape index (κ3) is 1.78. The minimum atomic E-state index is -4.44. The monoisotopic (exact) mass is 203 g/mol. The smallest absolute Gasteiger partial charge is 0.368 e. The zero-order valence-electron chi connectivity index (χ0n) is 7.17. The summed E-state index contributed by atoms with van der Waals surface area (Å²) in [5, 5.41) is 0. The minimum absolute atomic E-state index is 0.140. The lowest BCUT2D eigenvalue weighted by atomic mass is 10.2. The number of hydrogen-bond donors (Lipinski definition) is 1. The Morgan fingerprint density at radius 2 is 1.93 bits per heavy atom. The molecule has 0 saturated heterocycles. The van der Waals surface area contributed by atoms with Gasteiger partial charge in [0, 0.05) is 11.6 Å². The molecule has 6 heteroatoms. The van der Waals surface area contributed by atoms with Gasteiger partial charge in [0.25, 0.3) is 0 Å². The van der Waals surface area contributed by atoms with E-state index in [1.807, 2.05) is 0 Å². The third-order valence-corrected chi connectivity index (χ3v) is 2.05. The molecule has 0 amide bonds.